The molecule has 3 rings (SSSR count). The van der Waals surface area contributed by atoms with Gasteiger partial charge in [-0.05, 0) is 24.6 Å². The van der Waals surface area contributed by atoms with E-state index in [1.54, 1.807) is 0 Å². The summed E-state index contributed by atoms with van der Waals surface area (Å²) in [4.78, 5) is 4.89. The van der Waals surface area contributed by atoms with Crippen molar-refractivity contribution in [2.75, 3.05) is 0 Å². The van der Waals surface area contributed by atoms with E-state index >= 15 is 0 Å². The molecular formula is C25H22ClN. The summed E-state index contributed by atoms with van der Waals surface area (Å²) in [5, 5.41) is 0.640. The number of hydrogen-bond acceptors (Lipinski definition) is 1. The average molecular weight is 372 g/mol. The number of aliphatic imine (C=N–C) groups is 1. The minimum absolute atomic E-state index is 0.640. The molecule has 0 spiro atoms. The number of rotatable bonds is 5. The largest absolute Gasteiger partial charge is 0.248 e. The quantitative estimate of drug-likeness (QED) is 0.259. The highest BCUT2D eigenvalue weighted by atomic mass is 35.5. The maximum absolute atomic E-state index is 6.45. The predicted molar refractivity (Wildman–Crippen MR) is 116 cm³/mol. The zero-order valence-corrected chi connectivity index (χ0v) is 16.2. The van der Waals surface area contributed by atoms with Crippen molar-refractivity contribution < 1.29 is 0 Å². The molecule has 0 aliphatic heterocycles. The first-order valence-corrected chi connectivity index (χ1v) is 9.63. The lowest BCUT2D eigenvalue weighted by atomic mass is 10.0. The summed E-state index contributed by atoms with van der Waals surface area (Å²) in [6.07, 6.45) is 3.17. The van der Waals surface area contributed by atoms with Crippen molar-refractivity contribution in [3.8, 4) is 11.8 Å². The summed E-state index contributed by atoms with van der Waals surface area (Å²) >= 11 is 6.45. The van der Waals surface area contributed by atoms with Crippen LogP contribution in [-0.2, 0) is 0 Å². The van der Waals surface area contributed by atoms with Crippen molar-refractivity contribution >= 4 is 23.0 Å². The summed E-state index contributed by atoms with van der Waals surface area (Å²) in [6, 6.07) is 26.2. The third-order valence-corrected chi connectivity index (χ3v) is 4.48. The third-order valence-electron chi connectivity index (χ3n) is 4.17. The van der Waals surface area contributed by atoms with Crippen LogP contribution in [0.1, 0.15) is 42.9 Å². The lowest BCUT2D eigenvalue weighted by Gasteiger charge is -2.08. The Labute approximate surface area is 166 Å². The number of halogens is 1. The summed E-state index contributed by atoms with van der Waals surface area (Å²) in [7, 11) is 0. The molecule has 0 bridgehead atoms. The van der Waals surface area contributed by atoms with Crippen LogP contribution in [0.15, 0.2) is 83.9 Å². The Balaban J connectivity index is 1.96. The number of unbranched alkanes of at least 4 members (excludes halogenated alkanes) is 2. The molecule has 0 amide bonds. The molecule has 0 atom stereocenters. The fourth-order valence-electron chi connectivity index (χ4n) is 2.71. The minimum Gasteiger partial charge on any atom is -0.248 e. The van der Waals surface area contributed by atoms with Crippen LogP contribution < -0.4 is 0 Å². The van der Waals surface area contributed by atoms with Gasteiger partial charge >= 0.3 is 0 Å². The average Bonchev–Trinajstić information content (AvgIpc) is 2.72. The number of nitrogens with zero attached hydrogens (tertiary/aromatic N) is 1. The Kier molecular flexibility index (Phi) is 6.85. The molecule has 0 aromatic heterocycles. The molecule has 0 N–H and O–H groups in total. The van der Waals surface area contributed by atoms with Gasteiger partial charge in [-0.1, -0.05) is 97.5 Å². The first-order chi connectivity index (χ1) is 13.3. The van der Waals surface area contributed by atoms with Crippen molar-refractivity contribution in [1.29, 1.82) is 0 Å². The lowest BCUT2D eigenvalue weighted by Crippen LogP contribution is -2.02. The molecule has 0 aliphatic carbocycles. The van der Waals surface area contributed by atoms with Gasteiger partial charge in [0.15, 0.2) is 0 Å². The van der Waals surface area contributed by atoms with Crippen LogP contribution in [0, 0.1) is 11.8 Å². The maximum atomic E-state index is 6.45. The Morgan fingerprint density at radius 3 is 2.07 bits per heavy atom. The summed E-state index contributed by atoms with van der Waals surface area (Å²) in [5.41, 5.74) is 4.75. The Morgan fingerprint density at radius 1 is 0.889 bits per heavy atom. The van der Waals surface area contributed by atoms with E-state index in [4.69, 9.17) is 16.6 Å². The van der Waals surface area contributed by atoms with Gasteiger partial charge in [0, 0.05) is 23.1 Å². The first-order valence-electron chi connectivity index (χ1n) is 9.26. The lowest BCUT2D eigenvalue weighted by molar-refractivity contribution is 0.828. The molecule has 0 radical (unpaired) electrons. The van der Waals surface area contributed by atoms with Crippen LogP contribution in [-0.4, -0.2) is 5.71 Å². The molecule has 0 saturated heterocycles. The van der Waals surface area contributed by atoms with Crippen molar-refractivity contribution in [1.82, 2.24) is 0 Å². The Bertz CT molecular complexity index is 922. The van der Waals surface area contributed by atoms with Gasteiger partial charge < -0.3 is 0 Å². The molecule has 1 nitrogen and oxygen atoms in total. The van der Waals surface area contributed by atoms with Crippen molar-refractivity contribution in [2.45, 2.75) is 26.2 Å². The van der Waals surface area contributed by atoms with E-state index in [-0.39, 0.29) is 0 Å². The second kappa shape index (κ2) is 9.76. The van der Waals surface area contributed by atoms with Crippen LogP contribution in [0.2, 0.25) is 5.02 Å². The van der Waals surface area contributed by atoms with Crippen LogP contribution in [0.25, 0.3) is 0 Å². The molecule has 0 saturated carbocycles. The minimum atomic E-state index is 0.640. The summed E-state index contributed by atoms with van der Waals surface area (Å²) in [5.74, 6) is 6.35. The van der Waals surface area contributed by atoms with Gasteiger partial charge in [0.2, 0.25) is 0 Å². The first kappa shape index (κ1) is 19.0. The zero-order valence-electron chi connectivity index (χ0n) is 15.5. The molecule has 3 aromatic carbocycles. The Morgan fingerprint density at radius 2 is 1.52 bits per heavy atom. The normalized spacial score (nSPS) is 10.0. The van der Waals surface area contributed by atoms with Crippen LogP contribution in [0.5, 0.6) is 0 Å². The molecule has 2 heteroatoms. The van der Waals surface area contributed by atoms with E-state index in [0.717, 1.165) is 47.4 Å². The molecule has 0 fully saturated rings. The highest BCUT2D eigenvalue weighted by Crippen LogP contribution is 2.24. The van der Waals surface area contributed by atoms with E-state index in [2.05, 4.69) is 43.0 Å². The molecular weight excluding hydrogens is 350 g/mol. The fourth-order valence-corrected chi connectivity index (χ4v) is 2.94. The zero-order chi connectivity index (χ0) is 18.9. The molecule has 27 heavy (non-hydrogen) atoms. The highest BCUT2D eigenvalue weighted by molar-refractivity contribution is 6.32. The molecule has 0 aliphatic rings. The second-order valence-electron chi connectivity index (χ2n) is 6.26. The van der Waals surface area contributed by atoms with Crippen molar-refractivity contribution in [3.63, 3.8) is 0 Å². The van der Waals surface area contributed by atoms with E-state index in [1.807, 2.05) is 54.6 Å². The molecule has 3 aromatic rings. The SMILES string of the molecule is CCCCC#Cc1ccc(N=C(c2ccccc2)c2ccccc2)cc1Cl. The predicted octanol–water partition coefficient (Wildman–Crippen LogP) is 7.05. The smallest absolute Gasteiger partial charge is 0.0781 e. The van der Waals surface area contributed by atoms with Crippen molar-refractivity contribution in [2.24, 2.45) is 4.99 Å². The fraction of sp³-hybridized carbons (Fsp3) is 0.160. The maximum Gasteiger partial charge on any atom is 0.0781 e. The van der Waals surface area contributed by atoms with E-state index in [0.29, 0.717) is 5.02 Å². The Hall–Kier alpha value is -2.82. The monoisotopic (exact) mass is 371 g/mol. The standard InChI is InChI=1S/C25H22ClN/c1-2-3-4-7-12-20-17-18-23(19-24(20)26)27-25(21-13-8-5-9-14-21)22-15-10-6-11-16-22/h5-6,8-11,13-19H,2-4H2,1H3. The second-order valence-corrected chi connectivity index (χ2v) is 6.67. The van der Waals surface area contributed by atoms with Gasteiger partial charge in [0.05, 0.1) is 16.4 Å². The van der Waals surface area contributed by atoms with Gasteiger partial charge in [-0.3, -0.25) is 0 Å². The molecule has 0 heterocycles. The van der Waals surface area contributed by atoms with Crippen LogP contribution in [0.4, 0.5) is 5.69 Å². The van der Waals surface area contributed by atoms with Crippen LogP contribution >= 0.6 is 11.6 Å². The van der Waals surface area contributed by atoms with E-state index in [9.17, 15) is 0 Å². The highest BCUT2D eigenvalue weighted by Gasteiger charge is 2.07. The number of hydrogen-bond donors (Lipinski definition) is 0. The van der Waals surface area contributed by atoms with Gasteiger partial charge in [0.25, 0.3) is 0 Å². The van der Waals surface area contributed by atoms with Gasteiger partial charge in [-0.15, -0.1) is 0 Å². The van der Waals surface area contributed by atoms with Crippen molar-refractivity contribution in [3.05, 3.63) is 101 Å². The summed E-state index contributed by atoms with van der Waals surface area (Å²) in [6.45, 7) is 2.17. The number of benzene rings is 3. The van der Waals surface area contributed by atoms with E-state index in [1.165, 1.54) is 0 Å². The van der Waals surface area contributed by atoms with Gasteiger partial charge in [0.1, 0.15) is 0 Å². The molecule has 134 valence electrons. The topological polar surface area (TPSA) is 12.4 Å². The third kappa shape index (κ3) is 5.33. The van der Waals surface area contributed by atoms with E-state index < -0.39 is 0 Å². The van der Waals surface area contributed by atoms with Crippen LogP contribution in [0.3, 0.4) is 0 Å². The molecule has 0 unspecified atom stereocenters. The van der Waals surface area contributed by atoms with Gasteiger partial charge in [-0.2, -0.15) is 0 Å². The van der Waals surface area contributed by atoms with Gasteiger partial charge in [-0.25, -0.2) is 4.99 Å². The summed E-state index contributed by atoms with van der Waals surface area (Å²) < 4.78 is 0.